The SMILES string of the molecule is CCN1CCCC(Nc2cccc(Cl)c2N)C1. The fourth-order valence-corrected chi connectivity index (χ4v) is 2.52. The molecule has 0 bridgehead atoms. The van der Waals surface area contributed by atoms with Gasteiger partial charge in [-0.3, -0.25) is 0 Å². The van der Waals surface area contributed by atoms with Crippen molar-refractivity contribution in [2.24, 2.45) is 0 Å². The lowest BCUT2D eigenvalue weighted by molar-refractivity contribution is 0.227. The second-order valence-electron chi connectivity index (χ2n) is 4.58. The van der Waals surface area contributed by atoms with Gasteiger partial charge >= 0.3 is 0 Å². The number of nitrogens with zero attached hydrogens (tertiary/aromatic N) is 1. The first-order chi connectivity index (χ1) is 8.20. The number of piperidine rings is 1. The zero-order valence-corrected chi connectivity index (χ0v) is 11.0. The first-order valence-electron chi connectivity index (χ1n) is 6.23. The molecular formula is C13H20ClN3. The van der Waals surface area contributed by atoms with Crippen LogP contribution in [0.25, 0.3) is 0 Å². The van der Waals surface area contributed by atoms with E-state index in [0.29, 0.717) is 16.8 Å². The Morgan fingerprint density at radius 3 is 3.12 bits per heavy atom. The second-order valence-corrected chi connectivity index (χ2v) is 4.98. The summed E-state index contributed by atoms with van der Waals surface area (Å²) in [6.07, 6.45) is 2.44. The highest BCUT2D eigenvalue weighted by Crippen LogP contribution is 2.28. The second kappa shape index (κ2) is 5.61. The fourth-order valence-electron chi connectivity index (χ4n) is 2.34. The van der Waals surface area contributed by atoms with Crippen LogP contribution >= 0.6 is 11.6 Å². The number of nitrogens with two attached hydrogens (primary N) is 1. The first-order valence-corrected chi connectivity index (χ1v) is 6.61. The van der Waals surface area contributed by atoms with Crippen molar-refractivity contribution in [2.45, 2.75) is 25.8 Å². The van der Waals surface area contributed by atoms with Crippen molar-refractivity contribution in [1.29, 1.82) is 0 Å². The average molecular weight is 254 g/mol. The molecule has 4 heteroatoms. The van der Waals surface area contributed by atoms with E-state index in [1.807, 2.05) is 18.2 Å². The Morgan fingerprint density at radius 1 is 1.53 bits per heavy atom. The molecule has 1 fully saturated rings. The molecule has 2 rings (SSSR count). The van der Waals surface area contributed by atoms with Gasteiger partial charge in [-0.1, -0.05) is 24.6 Å². The van der Waals surface area contributed by atoms with E-state index in [1.165, 1.54) is 19.4 Å². The quantitative estimate of drug-likeness (QED) is 0.814. The molecule has 0 radical (unpaired) electrons. The average Bonchev–Trinajstić information content (AvgIpc) is 2.35. The van der Waals surface area contributed by atoms with E-state index in [4.69, 9.17) is 17.3 Å². The van der Waals surface area contributed by atoms with Crippen LogP contribution in [0, 0.1) is 0 Å². The molecule has 0 aromatic heterocycles. The minimum atomic E-state index is 0.476. The van der Waals surface area contributed by atoms with Crippen molar-refractivity contribution in [3.8, 4) is 0 Å². The lowest BCUT2D eigenvalue weighted by atomic mass is 10.1. The number of likely N-dealkylation sites (N-methyl/N-ethyl adjacent to an activating group) is 1. The highest BCUT2D eigenvalue weighted by molar-refractivity contribution is 6.33. The molecule has 1 atom stereocenters. The lowest BCUT2D eigenvalue weighted by Gasteiger charge is -2.33. The number of hydrogen-bond acceptors (Lipinski definition) is 3. The van der Waals surface area contributed by atoms with E-state index < -0.39 is 0 Å². The molecule has 1 aromatic carbocycles. The summed E-state index contributed by atoms with van der Waals surface area (Å²) in [6.45, 7) is 5.61. The van der Waals surface area contributed by atoms with Crippen molar-refractivity contribution in [2.75, 3.05) is 30.7 Å². The molecule has 0 spiro atoms. The molecule has 3 nitrogen and oxygen atoms in total. The van der Waals surface area contributed by atoms with Gasteiger partial charge in [-0.05, 0) is 38.1 Å². The highest BCUT2D eigenvalue weighted by atomic mass is 35.5. The fraction of sp³-hybridized carbons (Fsp3) is 0.538. The number of benzene rings is 1. The summed E-state index contributed by atoms with van der Waals surface area (Å²) in [6, 6.07) is 6.22. The predicted molar refractivity (Wildman–Crippen MR) is 74.6 cm³/mol. The predicted octanol–water partition coefficient (Wildman–Crippen LogP) is 2.82. The van der Waals surface area contributed by atoms with Gasteiger partial charge in [0.15, 0.2) is 0 Å². The van der Waals surface area contributed by atoms with Gasteiger partial charge in [-0.15, -0.1) is 0 Å². The minimum absolute atomic E-state index is 0.476. The molecule has 1 aliphatic rings. The molecular weight excluding hydrogens is 234 g/mol. The highest BCUT2D eigenvalue weighted by Gasteiger charge is 2.19. The molecule has 1 saturated heterocycles. The molecule has 1 aliphatic heterocycles. The van der Waals surface area contributed by atoms with E-state index in [1.54, 1.807) is 0 Å². The smallest absolute Gasteiger partial charge is 0.0739 e. The Bertz CT molecular complexity index is 381. The maximum absolute atomic E-state index is 6.01. The normalized spacial score (nSPS) is 21.4. The number of halogens is 1. The van der Waals surface area contributed by atoms with E-state index in [2.05, 4.69) is 17.1 Å². The summed E-state index contributed by atoms with van der Waals surface area (Å²) in [7, 11) is 0. The Kier molecular flexibility index (Phi) is 4.13. The molecule has 94 valence electrons. The van der Waals surface area contributed by atoms with Crippen LogP contribution in [0.4, 0.5) is 11.4 Å². The van der Waals surface area contributed by atoms with Crippen LogP contribution in [0.3, 0.4) is 0 Å². The maximum Gasteiger partial charge on any atom is 0.0739 e. The largest absolute Gasteiger partial charge is 0.396 e. The third-order valence-corrected chi connectivity index (χ3v) is 3.69. The summed E-state index contributed by atoms with van der Waals surface area (Å²) in [4.78, 5) is 2.46. The minimum Gasteiger partial charge on any atom is -0.396 e. The Labute approximate surface area is 108 Å². The molecule has 1 unspecified atom stereocenters. The zero-order valence-electron chi connectivity index (χ0n) is 10.2. The van der Waals surface area contributed by atoms with Crippen molar-refractivity contribution >= 4 is 23.0 Å². The van der Waals surface area contributed by atoms with Gasteiger partial charge in [0, 0.05) is 12.6 Å². The van der Waals surface area contributed by atoms with Crippen LogP contribution in [-0.4, -0.2) is 30.6 Å². The van der Waals surface area contributed by atoms with Gasteiger partial charge in [-0.2, -0.15) is 0 Å². The van der Waals surface area contributed by atoms with Crippen molar-refractivity contribution in [3.63, 3.8) is 0 Å². The van der Waals surface area contributed by atoms with Crippen molar-refractivity contribution in [3.05, 3.63) is 23.2 Å². The van der Waals surface area contributed by atoms with Crippen molar-refractivity contribution < 1.29 is 0 Å². The van der Waals surface area contributed by atoms with Crippen LogP contribution in [0.1, 0.15) is 19.8 Å². The summed E-state index contributed by atoms with van der Waals surface area (Å²) in [5.41, 5.74) is 7.57. The van der Waals surface area contributed by atoms with Gasteiger partial charge < -0.3 is 16.0 Å². The third kappa shape index (κ3) is 3.05. The molecule has 1 heterocycles. The first kappa shape index (κ1) is 12.5. The molecule has 0 saturated carbocycles. The Balaban J connectivity index is 2.02. The van der Waals surface area contributed by atoms with E-state index in [-0.39, 0.29) is 0 Å². The number of hydrogen-bond donors (Lipinski definition) is 2. The summed E-state index contributed by atoms with van der Waals surface area (Å²) in [5, 5.41) is 4.13. The van der Waals surface area contributed by atoms with Gasteiger partial charge in [0.2, 0.25) is 0 Å². The van der Waals surface area contributed by atoms with Gasteiger partial charge in [0.05, 0.1) is 16.4 Å². The number of rotatable bonds is 3. The number of likely N-dealkylation sites (tertiary alicyclic amines) is 1. The van der Waals surface area contributed by atoms with Gasteiger partial charge in [0.25, 0.3) is 0 Å². The topological polar surface area (TPSA) is 41.3 Å². The summed E-state index contributed by atoms with van der Waals surface area (Å²) < 4.78 is 0. The van der Waals surface area contributed by atoms with Gasteiger partial charge in [0.1, 0.15) is 0 Å². The van der Waals surface area contributed by atoms with Crippen LogP contribution in [-0.2, 0) is 0 Å². The van der Waals surface area contributed by atoms with E-state index in [0.717, 1.165) is 18.8 Å². The van der Waals surface area contributed by atoms with Crippen LogP contribution < -0.4 is 11.1 Å². The zero-order chi connectivity index (χ0) is 12.3. The summed E-state index contributed by atoms with van der Waals surface area (Å²) >= 11 is 6.01. The van der Waals surface area contributed by atoms with E-state index in [9.17, 15) is 0 Å². The number of anilines is 2. The van der Waals surface area contributed by atoms with Crippen LogP contribution in [0.15, 0.2) is 18.2 Å². The Morgan fingerprint density at radius 2 is 2.35 bits per heavy atom. The molecule has 0 amide bonds. The molecule has 0 aliphatic carbocycles. The maximum atomic E-state index is 6.01. The number of nitrogen functional groups attached to an aromatic ring is 1. The van der Waals surface area contributed by atoms with E-state index >= 15 is 0 Å². The summed E-state index contributed by atoms with van der Waals surface area (Å²) in [5.74, 6) is 0. The molecule has 3 N–H and O–H groups in total. The van der Waals surface area contributed by atoms with Crippen LogP contribution in [0.2, 0.25) is 5.02 Å². The lowest BCUT2D eigenvalue weighted by Crippen LogP contribution is -2.41. The van der Waals surface area contributed by atoms with Crippen LogP contribution in [0.5, 0.6) is 0 Å². The third-order valence-electron chi connectivity index (χ3n) is 3.37. The molecule has 1 aromatic rings. The number of nitrogens with one attached hydrogen (secondary N) is 1. The Hall–Kier alpha value is -0.930. The monoisotopic (exact) mass is 253 g/mol. The standard InChI is InChI=1S/C13H20ClN3/c1-2-17-8-4-5-10(9-17)16-12-7-3-6-11(14)13(12)15/h3,6-7,10,16H,2,4-5,8-9,15H2,1H3. The number of para-hydroxylation sites is 1. The van der Waals surface area contributed by atoms with Gasteiger partial charge in [-0.25, -0.2) is 0 Å². The van der Waals surface area contributed by atoms with Crippen molar-refractivity contribution in [1.82, 2.24) is 4.90 Å². The molecule has 17 heavy (non-hydrogen) atoms.